The number of benzene rings is 1. The van der Waals surface area contributed by atoms with Crippen molar-refractivity contribution >= 4 is 14.2 Å². The molecule has 0 heterocycles. The van der Waals surface area contributed by atoms with E-state index in [1.807, 2.05) is 37.3 Å². The average molecular weight is 410 g/mol. The smallest absolute Gasteiger partial charge is 0.251 e. The molecule has 28 heavy (non-hydrogen) atoms. The van der Waals surface area contributed by atoms with Crippen molar-refractivity contribution in [1.82, 2.24) is 5.06 Å². The molecule has 0 aliphatic heterocycles. The maximum absolute atomic E-state index is 12.7. The molecular weight excluding hydrogens is 370 g/mol. The topological polar surface area (TPSA) is 48.0 Å². The molecule has 0 saturated heterocycles. The molecule has 6 heteroatoms. The highest BCUT2D eigenvalue weighted by molar-refractivity contribution is 6.74. The molecule has 1 rings (SSSR count). The fourth-order valence-electron chi connectivity index (χ4n) is 2.74. The van der Waals surface area contributed by atoms with Crippen LogP contribution < -0.4 is 0 Å². The Morgan fingerprint density at radius 2 is 1.71 bits per heavy atom. The lowest BCUT2D eigenvalue weighted by Crippen LogP contribution is -2.45. The minimum atomic E-state index is -1.87. The van der Waals surface area contributed by atoms with Gasteiger partial charge >= 0.3 is 0 Å². The van der Waals surface area contributed by atoms with Gasteiger partial charge in [-0.25, -0.2) is 5.06 Å². The largest absolute Gasteiger partial charge is 0.416 e. The fourth-order valence-corrected chi connectivity index (χ4v) is 3.85. The SMILES string of the molecule is CON(C)C(=O)[C@H](C)[C@H](OCc1ccccc1)[C@@H](C)CO[Si](C)(C)C(C)(C)C. The number of amides is 1. The van der Waals surface area contributed by atoms with Gasteiger partial charge < -0.3 is 9.16 Å². The predicted molar refractivity (Wildman–Crippen MR) is 116 cm³/mol. The molecular formula is C22H39NO4Si. The van der Waals surface area contributed by atoms with Crippen LogP contribution in [-0.2, 0) is 25.4 Å². The Hall–Kier alpha value is -1.21. The van der Waals surface area contributed by atoms with Gasteiger partial charge in [-0.05, 0) is 23.7 Å². The summed E-state index contributed by atoms with van der Waals surface area (Å²) in [6.07, 6.45) is -0.268. The number of hydrogen-bond acceptors (Lipinski definition) is 4. The normalized spacial score (nSPS) is 15.8. The Balaban J connectivity index is 2.90. The quantitative estimate of drug-likeness (QED) is 0.408. The second-order valence-electron chi connectivity index (χ2n) is 9.12. The number of ether oxygens (including phenoxy) is 1. The molecule has 0 radical (unpaired) electrons. The summed E-state index contributed by atoms with van der Waals surface area (Å²) >= 11 is 0. The molecule has 160 valence electrons. The maximum atomic E-state index is 12.7. The van der Waals surface area contributed by atoms with Crippen LogP contribution in [0.3, 0.4) is 0 Å². The van der Waals surface area contributed by atoms with Gasteiger partial charge in [0.2, 0.25) is 0 Å². The van der Waals surface area contributed by atoms with Gasteiger partial charge in [-0.1, -0.05) is 65.0 Å². The molecule has 1 aromatic rings. The van der Waals surface area contributed by atoms with Gasteiger partial charge in [0.05, 0.1) is 25.7 Å². The molecule has 5 nitrogen and oxygen atoms in total. The third-order valence-electron chi connectivity index (χ3n) is 5.83. The van der Waals surface area contributed by atoms with Crippen molar-refractivity contribution in [3.05, 3.63) is 35.9 Å². The van der Waals surface area contributed by atoms with Crippen LogP contribution >= 0.6 is 0 Å². The standard InChI is InChI=1S/C22H39NO4Si/c1-17(15-27-28(8,9)22(3,4)5)20(18(2)21(24)23(6)25-7)26-16-19-13-11-10-12-14-19/h10-14,17-18,20H,15-16H2,1-9H3/t17-,18+,20+/m0/s1. The molecule has 1 amide bonds. The van der Waals surface area contributed by atoms with Crippen LogP contribution in [0.25, 0.3) is 0 Å². The van der Waals surface area contributed by atoms with Crippen molar-refractivity contribution in [2.45, 2.75) is 65.5 Å². The third kappa shape index (κ3) is 6.99. The maximum Gasteiger partial charge on any atom is 0.251 e. The van der Waals surface area contributed by atoms with E-state index in [2.05, 4.69) is 40.8 Å². The van der Waals surface area contributed by atoms with Crippen molar-refractivity contribution < 1.29 is 18.8 Å². The monoisotopic (exact) mass is 409 g/mol. The summed E-state index contributed by atoms with van der Waals surface area (Å²) in [6.45, 7) is 16.2. The Labute approximate surface area is 172 Å². The van der Waals surface area contributed by atoms with E-state index in [0.717, 1.165) is 5.56 Å². The zero-order valence-electron chi connectivity index (χ0n) is 19.1. The Morgan fingerprint density at radius 3 is 2.21 bits per heavy atom. The summed E-state index contributed by atoms with van der Waals surface area (Å²) in [5.41, 5.74) is 1.09. The van der Waals surface area contributed by atoms with E-state index in [-0.39, 0.29) is 28.9 Å². The first-order valence-electron chi connectivity index (χ1n) is 10.0. The molecule has 0 aromatic heterocycles. The van der Waals surface area contributed by atoms with E-state index < -0.39 is 8.32 Å². The van der Waals surface area contributed by atoms with E-state index in [9.17, 15) is 4.79 Å². The van der Waals surface area contributed by atoms with Crippen molar-refractivity contribution in [1.29, 1.82) is 0 Å². The van der Waals surface area contributed by atoms with Gasteiger partial charge in [-0.15, -0.1) is 0 Å². The highest BCUT2D eigenvalue weighted by Crippen LogP contribution is 2.37. The highest BCUT2D eigenvalue weighted by atomic mass is 28.4. The molecule has 0 aliphatic rings. The predicted octanol–water partition coefficient (Wildman–Crippen LogP) is 4.89. The van der Waals surface area contributed by atoms with Crippen LogP contribution in [-0.4, -0.2) is 46.2 Å². The molecule has 0 aliphatic carbocycles. The second kappa shape index (κ2) is 10.5. The van der Waals surface area contributed by atoms with Gasteiger partial charge in [-0.2, -0.15) is 0 Å². The number of nitrogens with zero attached hydrogens (tertiary/aromatic N) is 1. The Kier molecular flexibility index (Phi) is 9.34. The van der Waals surface area contributed by atoms with Gasteiger partial charge in [0.1, 0.15) is 0 Å². The summed E-state index contributed by atoms with van der Waals surface area (Å²) in [6, 6.07) is 10.0. The fraction of sp³-hybridized carbons (Fsp3) is 0.682. The molecule has 1 aromatic carbocycles. The zero-order chi connectivity index (χ0) is 21.5. The first-order valence-corrected chi connectivity index (χ1v) is 12.9. The van der Waals surface area contributed by atoms with E-state index in [1.54, 1.807) is 7.05 Å². The summed E-state index contributed by atoms with van der Waals surface area (Å²) in [5.74, 6) is -0.367. The Bertz CT molecular complexity index is 600. The molecule has 0 saturated carbocycles. The molecule has 3 atom stereocenters. The van der Waals surface area contributed by atoms with Gasteiger partial charge in [0, 0.05) is 19.6 Å². The number of carbonyl (C=O) groups is 1. The summed E-state index contributed by atoms with van der Waals surface area (Å²) in [5, 5.41) is 1.41. The van der Waals surface area contributed by atoms with Crippen molar-refractivity contribution in [2.24, 2.45) is 11.8 Å². The minimum Gasteiger partial charge on any atom is -0.416 e. The van der Waals surface area contributed by atoms with Gasteiger partial charge in [-0.3, -0.25) is 9.63 Å². The summed E-state index contributed by atoms with van der Waals surface area (Å²) < 4.78 is 12.7. The van der Waals surface area contributed by atoms with Crippen LogP contribution in [0.4, 0.5) is 0 Å². The average Bonchev–Trinajstić information content (AvgIpc) is 2.65. The van der Waals surface area contributed by atoms with Crippen LogP contribution in [0.1, 0.15) is 40.2 Å². The first kappa shape index (κ1) is 24.8. The molecule has 0 spiro atoms. The molecule has 0 fully saturated rings. The van der Waals surface area contributed by atoms with Crippen LogP contribution in [0.2, 0.25) is 18.1 Å². The van der Waals surface area contributed by atoms with E-state index >= 15 is 0 Å². The van der Waals surface area contributed by atoms with E-state index in [4.69, 9.17) is 14.0 Å². The molecule has 0 bridgehead atoms. The zero-order valence-corrected chi connectivity index (χ0v) is 20.1. The van der Waals surface area contributed by atoms with Gasteiger partial charge in [0.15, 0.2) is 8.32 Å². The highest BCUT2D eigenvalue weighted by Gasteiger charge is 2.39. The van der Waals surface area contributed by atoms with Crippen LogP contribution in [0.5, 0.6) is 0 Å². The van der Waals surface area contributed by atoms with Gasteiger partial charge in [0.25, 0.3) is 5.91 Å². The summed E-state index contributed by atoms with van der Waals surface area (Å²) in [7, 11) is 1.26. The second-order valence-corrected chi connectivity index (χ2v) is 13.9. The van der Waals surface area contributed by atoms with Crippen molar-refractivity contribution in [3.63, 3.8) is 0 Å². The lowest BCUT2D eigenvalue weighted by Gasteiger charge is -2.38. The van der Waals surface area contributed by atoms with Crippen molar-refractivity contribution in [2.75, 3.05) is 20.8 Å². The first-order chi connectivity index (χ1) is 12.9. The van der Waals surface area contributed by atoms with E-state index in [1.165, 1.54) is 12.2 Å². The minimum absolute atomic E-state index is 0.0713. The van der Waals surface area contributed by atoms with Crippen LogP contribution in [0, 0.1) is 11.8 Å². The van der Waals surface area contributed by atoms with Crippen molar-refractivity contribution in [3.8, 4) is 0 Å². The number of hydrogen-bond donors (Lipinski definition) is 0. The summed E-state index contributed by atoms with van der Waals surface area (Å²) in [4.78, 5) is 17.8. The van der Waals surface area contributed by atoms with E-state index in [0.29, 0.717) is 13.2 Å². The third-order valence-corrected chi connectivity index (χ3v) is 10.3. The number of hydroxylamine groups is 2. The lowest BCUT2D eigenvalue weighted by molar-refractivity contribution is -0.179. The lowest BCUT2D eigenvalue weighted by atomic mass is 9.93. The molecule has 0 unspecified atom stereocenters. The number of rotatable bonds is 10. The van der Waals surface area contributed by atoms with Crippen LogP contribution in [0.15, 0.2) is 30.3 Å². The Morgan fingerprint density at radius 1 is 1.14 bits per heavy atom. The molecule has 0 N–H and O–H groups in total. The number of carbonyl (C=O) groups excluding carboxylic acids is 1.